The number of benzene rings is 1. The summed E-state index contributed by atoms with van der Waals surface area (Å²) in [4.78, 5) is 10.4. The minimum Gasteiger partial charge on any atom is -0.479 e. The molecule has 0 aliphatic rings. The number of carbonyl (C=O) groups is 1. The molecule has 0 unspecified atom stereocenters. The molecule has 0 aliphatic heterocycles. The van der Waals surface area contributed by atoms with Gasteiger partial charge >= 0.3 is 5.97 Å². The summed E-state index contributed by atoms with van der Waals surface area (Å²) < 4.78 is 30.2. The summed E-state index contributed by atoms with van der Waals surface area (Å²) in [7, 11) is 0. The lowest BCUT2D eigenvalue weighted by Gasteiger charge is -2.10. The van der Waals surface area contributed by atoms with E-state index in [0.717, 1.165) is 18.2 Å². The normalized spacial score (nSPS) is 12.2. The fourth-order valence-electron chi connectivity index (χ4n) is 0.808. The third-order valence-electron chi connectivity index (χ3n) is 1.54. The van der Waals surface area contributed by atoms with Gasteiger partial charge in [-0.15, -0.1) is 0 Å². The van der Waals surface area contributed by atoms with Crippen molar-refractivity contribution in [2.75, 3.05) is 0 Å². The highest BCUT2D eigenvalue weighted by atomic mass is 19.1. The van der Waals surface area contributed by atoms with E-state index in [-0.39, 0.29) is 0 Å². The summed E-state index contributed by atoms with van der Waals surface area (Å²) in [5.41, 5.74) is 0. The van der Waals surface area contributed by atoms with Crippen LogP contribution >= 0.6 is 0 Å². The van der Waals surface area contributed by atoms with Gasteiger partial charge in [-0.05, 0) is 19.1 Å². The van der Waals surface area contributed by atoms with Crippen LogP contribution in [0.5, 0.6) is 5.75 Å². The third kappa shape index (κ3) is 2.42. The van der Waals surface area contributed by atoms with Crippen molar-refractivity contribution in [3.63, 3.8) is 0 Å². The second kappa shape index (κ2) is 4.04. The highest BCUT2D eigenvalue weighted by molar-refractivity contribution is 5.72. The number of ether oxygens (including phenoxy) is 1. The van der Waals surface area contributed by atoms with Crippen LogP contribution in [0, 0.1) is 11.6 Å². The van der Waals surface area contributed by atoms with Gasteiger partial charge in [-0.2, -0.15) is 0 Å². The minimum absolute atomic E-state index is 0.403. The topological polar surface area (TPSA) is 46.5 Å². The Labute approximate surface area is 78.9 Å². The Kier molecular flexibility index (Phi) is 3.01. The van der Waals surface area contributed by atoms with Gasteiger partial charge in [0.05, 0.1) is 0 Å². The number of halogens is 2. The van der Waals surface area contributed by atoms with Gasteiger partial charge in [-0.25, -0.2) is 13.6 Å². The second-order valence-electron chi connectivity index (χ2n) is 2.67. The second-order valence-corrected chi connectivity index (χ2v) is 2.67. The maximum atomic E-state index is 12.9. The van der Waals surface area contributed by atoms with E-state index in [1.54, 1.807) is 0 Å². The lowest BCUT2D eigenvalue weighted by Crippen LogP contribution is -2.23. The van der Waals surface area contributed by atoms with E-state index >= 15 is 0 Å². The quantitative estimate of drug-likeness (QED) is 0.813. The molecule has 1 atom stereocenters. The Balaban J connectivity index is 2.85. The van der Waals surface area contributed by atoms with Gasteiger partial charge in [0, 0.05) is 6.07 Å². The van der Waals surface area contributed by atoms with E-state index in [9.17, 15) is 13.6 Å². The first kappa shape index (κ1) is 10.4. The van der Waals surface area contributed by atoms with Crippen LogP contribution in [0.4, 0.5) is 8.78 Å². The fraction of sp³-hybridized carbons (Fsp3) is 0.222. The molecule has 0 heterocycles. The van der Waals surface area contributed by atoms with E-state index in [1.807, 2.05) is 0 Å². The van der Waals surface area contributed by atoms with Crippen molar-refractivity contribution < 1.29 is 23.4 Å². The van der Waals surface area contributed by atoms with Gasteiger partial charge in [-0.3, -0.25) is 0 Å². The average molecular weight is 202 g/mol. The summed E-state index contributed by atoms with van der Waals surface area (Å²) in [5.74, 6) is -3.12. The van der Waals surface area contributed by atoms with Crippen LogP contribution in [-0.2, 0) is 4.79 Å². The minimum atomic E-state index is -1.24. The van der Waals surface area contributed by atoms with Gasteiger partial charge in [0.25, 0.3) is 0 Å². The fourth-order valence-corrected chi connectivity index (χ4v) is 0.808. The smallest absolute Gasteiger partial charge is 0.344 e. The third-order valence-corrected chi connectivity index (χ3v) is 1.54. The van der Waals surface area contributed by atoms with Gasteiger partial charge in [-0.1, -0.05) is 0 Å². The molecule has 3 nitrogen and oxygen atoms in total. The van der Waals surface area contributed by atoms with Gasteiger partial charge < -0.3 is 9.84 Å². The first-order chi connectivity index (χ1) is 6.50. The van der Waals surface area contributed by atoms with Crippen molar-refractivity contribution in [3.05, 3.63) is 29.8 Å². The van der Waals surface area contributed by atoms with Crippen molar-refractivity contribution in [3.8, 4) is 5.75 Å². The summed E-state index contributed by atoms with van der Waals surface area (Å²) in [6.45, 7) is 1.23. The van der Waals surface area contributed by atoms with E-state index in [0.29, 0.717) is 0 Å². The Bertz CT molecular complexity index is 352. The lowest BCUT2D eigenvalue weighted by molar-refractivity contribution is -0.144. The molecule has 1 rings (SSSR count). The molecule has 0 saturated carbocycles. The molecule has 0 fully saturated rings. The molecule has 76 valence electrons. The molecule has 14 heavy (non-hydrogen) atoms. The molecule has 1 aromatic rings. The first-order valence-electron chi connectivity index (χ1n) is 3.85. The number of carboxylic acids is 1. The summed E-state index contributed by atoms with van der Waals surface area (Å²) in [6, 6.07) is 2.60. The van der Waals surface area contributed by atoms with Crippen LogP contribution < -0.4 is 4.74 Å². The molecule has 0 radical (unpaired) electrons. The number of hydrogen-bond donors (Lipinski definition) is 1. The number of aliphatic carboxylic acids is 1. The molecule has 0 bridgehead atoms. The van der Waals surface area contributed by atoms with Crippen molar-refractivity contribution in [1.82, 2.24) is 0 Å². The molecule has 0 spiro atoms. The van der Waals surface area contributed by atoms with Crippen molar-refractivity contribution >= 4 is 5.97 Å². The molecule has 1 N–H and O–H groups in total. The summed E-state index contributed by atoms with van der Waals surface area (Å²) in [6.07, 6.45) is -1.22. The van der Waals surface area contributed by atoms with E-state index in [1.165, 1.54) is 6.92 Å². The standard InChI is InChI=1S/C9H8F2O3/c1-5(9(12)13)14-8-4-6(10)2-3-7(8)11/h2-5H,1H3,(H,12,13)/t5-/m1/s1. The van der Waals surface area contributed by atoms with Crippen molar-refractivity contribution in [1.29, 1.82) is 0 Å². The predicted octanol–water partition coefficient (Wildman–Crippen LogP) is 1.82. The van der Waals surface area contributed by atoms with Gasteiger partial charge in [0.15, 0.2) is 17.7 Å². The molecule has 0 aliphatic carbocycles. The zero-order valence-corrected chi connectivity index (χ0v) is 7.33. The largest absolute Gasteiger partial charge is 0.479 e. The lowest BCUT2D eigenvalue weighted by atomic mass is 10.3. The Hall–Kier alpha value is -1.65. The van der Waals surface area contributed by atoms with E-state index < -0.39 is 29.5 Å². The monoisotopic (exact) mass is 202 g/mol. The van der Waals surface area contributed by atoms with Crippen LogP contribution in [0.2, 0.25) is 0 Å². The molecule has 0 saturated heterocycles. The zero-order valence-electron chi connectivity index (χ0n) is 7.33. The highest BCUT2D eigenvalue weighted by Gasteiger charge is 2.15. The summed E-state index contributed by atoms with van der Waals surface area (Å²) >= 11 is 0. The predicted molar refractivity (Wildman–Crippen MR) is 44.1 cm³/mol. The van der Waals surface area contributed by atoms with Crippen molar-refractivity contribution in [2.45, 2.75) is 13.0 Å². The molecule has 0 aromatic heterocycles. The summed E-state index contributed by atoms with van der Waals surface area (Å²) in [5, 5.41) is 8.46. The molecule has 5 heteroatoms. The molecular weight excluding hydrogens is 194 g/mol. The Morgan fingerprint density at radius 3 is 2.71 bits per heavy atom. The maximum Gasteiger partial charge on any atom is 0.344 e. The number of rotatable bonds is 3. The number of carboxylic acid groups (broad SMARTS) is 1. The van der Waals surface area contributed by atoms with Gasteiger partial charge in [0.2, 0.25) is 0 Å². The number of hydrogen-bond acceptors (Lipinski definition) is 2. The van der Waals surface area contributed by atoms with Crippen LogP contribution in [0.25, 0.3) is 0 Å². The van der Waals surface area contributed by atoms with Gasteiger partial charge in [0.1, 0.15) is 5.82 Å². The SMILES string of the molecule is C[C@@H](Oc1cc(F)ccc1F)C(=O)O. The highest BCUT2D eigenvalue weighted by Crippen LogP contribution is 2.19. The Morgan fingerprint density at radius 2 is 2.14 bits per heavy atom. The Morgan fingerprint density at radius 1 is 1.50 bits per heavy atom. The van der Waals surface area contributed by atoms with Crippen LogP contribution in [0.3, 0.4) is 0 Å². The molecule has 0 amide bonds. The zero-order chi connectivity index (χ0) is 10.7. The molecular formula is C9H8F2O3. The first-order valence-corrected chi connectivity index (χ1v) is 3.85. The molecule has 1 aromatic carbocycles. The van der Waals surface area contributed by atoms with Crippen LogP contribution in [0.15, 0.2) is 18.2 Å². The maximum absolute atomic E-state index is 12.9. The van der Waals surface area contributed by atoms with E-state index in [2.05, 4.69) is 4.74 Å². The average Bonchev–Trinajstić information content (AvgIpc) is 2.11. The van der Waals surface area contributed by atoms with Crippen LogP contribution in [0.1, 0.15) is 6.92 Å². The van der Waals surface area contributed by atoms with Crippen molar-refractivity contribution in [2.24, 2.45) is 0 Å². The van der Waals surface area contributed by atoms with Crippen LogP contribution in [-0.4, -0.2) is 17.2 Å². The van der Waals surface area contributed by atoms with E-state index in [4.69, 9.17) is 5.11 Å².